The van der Waals surface area contributed by atoms with Gasteiger partial charge in [0.05, 0.1) is 6.10 Å². The van der Waals surface area contributed by atoms with Crippen LogP contribution in [0.4, 0.5) is 0 Å². The predicted molar refractivity (Wildman–Crippen MR) is 66.5 cm³/mol. The molecule has 3 heteroatoms. The summed E-state index contributed by atoms with van der Waals surface area (Å²) in [6, 6.07) is 8.22. The molecule has 15 heavy (non-hydrogen) atoms. The van der Waals surface area contributed by atoms with Crippen LogP contribution in [0.3, 0.4) is 0 Å². The molecule has 0 saturated heterocycles. The van der Waals surface area contributed by atoms with E-state index in [1.54, 1.807) is 0 Å². The number of aliphatic hydroxyl groups excluding tert-OH is 1. The van der Waals surface area contributed by atoms with E-state index in [4.69, 9.17) is 0 Å². The number of benzene rings is 1. The van der Waals surface area contributed by atoms with Gasteiger partial charge in [0, 0.05) is 6.04 Å². The summed E-state index contributed by atoms with van der Waals surface area (Å²) < 4.78 is 0. The topological polar surface area (TPSA) is 32.3 Å². The Kier molecular flexibility index (Phi) is 6.57. The van der Waals surface area contributed by atoms with Crippen LogP contribution in [0.25, 0.3) is 0 Å². The van der Waals surface area contributed by atoms with Gasteiger partial charge in [0.25, 0.3) is 0 Å². The summed E-state index contributed by atoms with van der Waals surface area (Å²) in [5.74, 6) is 0. The maximum absolute atomic E-state index is 9.89. The van der Waals surface area contributed by atoms with Crippen molar-refractivity contribution in [2.45, 2.75) is 32.4 Å². The zero-order chi connectivity index (χ0) is 10.6. The lowest BCUT2D eigenvalue weighted by Gasteiger charge is -2.18. The summed E-state index contributed by atoms with van der Waals surface area (Å²) in [5, 5.41) is 12.9. The molecular weight excluding hydrogens is 210 g/mol. The van der Waals surface area contributed by atoms with Crippen LogP contribution in [0.5, 0.6) is 0 Å². The van der Waals surface area contributed by atoms with Crippen molar-refractivity contribution in [2.24, 2.45) is 0 Å². The van der Waals surface area contributed by atoms with E-state index in [-0.39, 0.29) is 18.4 Å². The lowest BCUT2D eigenvalue weighted by molar-refractivity contribution is 0.140. The highest BCUT2D eigenvalue weighted by atomic mass is 35.5. The molecule has 0 aromatic heterocycles. The van der Waals surface area contributed by atoms with Crippen LogP contribution in [0, 0.1) is 0 Å². The number of halogens is 1. The Morgan fingerprint density at radius 3 is 2.20 bits per heavy atom. The quantitative estimate of drug-likeness (QED) is 0.831. The zero-order valence-corrected chi connectivity index (χ0v) is 10.3. The van der Waals surface area contributed by atoms with Gasteiger partial charge in [-0.15, -0.1) is 12.4 Å². The maximum atomic E-state index is 9.89. The average molecular weight is 230 g/mol. The Labute approximate surface area is 98.1 Å². The molecule has 0 fully saturated rings. The molecule has 0 heterocycles. The van der Waals surface area contributed by atoms with Crippen LogP contribution in [0.15, 0.2) is 24.3 Å². The fourth-order valence-electron chi connectivity index (χ4n) is 1.40. The number of aryl methyl sites for hydroxylation is 1. The van der Waals surface area contributed by atoms with Crippen LogP contribution in [0.2, 0.25) is 0 Å². The summed E-state index contributed by atoms with van der Waals surface area (Å²) in [5.41, 5.74) is 2.28. The second-order valence-electron chi connectivity index (χ2n) is 3.62. The summed E-state index contributed by atoms with van der Waals surface area (Å²) in [6.07, 6.45) is 0.615. The Hall–Kier alpha value is -0.570. The molecule has 0 spiro atoms. The fraction of sp³-hybridized carbons (Fsp3) is 0.500. The molecule has 1 rings (SSSR count). The van der Waals surface area contributed by atoms with Crippen molar-refractivity contribution < 1.29 is 5.11 Å². The van der Waals surface area contributed by atoms with Crippen molar-refractivity contribution in [2.75, 3.05) is 7.05 Å². The molecule has 0 bridgehead atoms. The van der Waals surface area contributed by atoms with Crippen molar-refractivity contribution in [3.63, 3.8) is 0 Å². The Bertz CT molecular complexity index is 273. The Balaban J connectivity index is 0.00000196. The lowest BCUT2D eigenvalue weighted by atomic mass is 10.0. The van der Waals surface area contributed by atoms with Gasteiger partial charge in [-0.1, -0.05) is 31.2 Å². The molecule has 86 valence electrons. The molecule has 0 aliphatic rings. The van der Waals surface area contributed by atoms with Crippen molar-refractivity contribution >= 4 is 12.4 Å². The third kappa shape index (κ3) is 3.82. The molecule has 0 aliphatic heterocycles. The average Bonchev–Trinajstić information content (AvgIpc) is 2.27. The van der Waals surface area contributed by atoms with Gasteiger partial charge in [-0.3, -0.25) is 0 Å². The summed E-state index contributed by atoms with van der Waals surface area (Å²) >= 11 is 0. The van der Waals surface area contributed by atoms with Crippen LogP contribution >= 0.6 is 12.4 Å². The first-order valence-electron chi connectivity index (χ1n) is 5.13. The smallest absolute Gasteiger partial charge is 0.0940 e. The first-order chi connectivity index (χ1) is 6.69. The van der Waals surface area contributed by atoms with Crippen LogP contribution in [-0.2, 0) is 6.42 Å². The first-order valence-corrected chi connectivity index (χ1v) is 5.13. The van der Waals surface area contributed by atoms with Gasteiger partial charge in [0.2, 0.25) is 0 Å². The molecule has 1 aromatic carbocycles. The molecule has 0 aliphatic carbocycles. The van der Waals surface area contributed by atoms with Gasteiger partial charge in [-0.2, -0.15) is 0 Å². The summed E-state index contributed by atoms with van der Waals surface area (Å²) in [4.78, 5) is 0. The number of hydrogen-bond donors (Lipinski definition) is 2. The van der Waals surface area contributed by atoms with E-state index in [2.05, 4.69) is 24.4 Å². The SMILES string of the molecule is CCc1ccc(C(O)C(C)NC)cc1.Cl. The third-order valence-corrected chi connectivity index (χ3v) is 2.66. The third-order valence-electron chi connectivity index (χ3n) is 2.66. The molecule has 2 atom stereocenters. The number of hydrogen-bond acceptors (Lipinski definition) is 2. The standard InChI is InChI=1S/C12H19NO.ClH/c1-4-10-5-7-11(8-6-10)12(14)9(2)13-3;/h5-9,12-14H,4H2,1-3H3;1H. The minimum Gasteiger partial charge on any atom is -0.387 e. The largest absolute Gasteiger partial charge is 0.387 e. The van der Waals surface area contributed by atoms with Crippen LogP contribution in [0.1, 0.15) is 31.1 Å². The number of aliphatic hydroxyl groups is 1. The summed E-state index contributed by atoms with van der Waals surface area (Å²) in [6.45, 7) is 4.10. The van der Waals surface area contributed by atoms with Gasteiger partial charge < -0.3 is 10.4 Å². The highest BCUT2D eigenvalue weighted by Crippen LogP contribution is 2.17. The van der Waals surface area contributed by atoms with Gasteiger partial charge in [-0.25, -0.2) is 0 Å². The van der Waals surface area contributed by atoms with E-state index in [0.717, 1.165) is 12.0 Å². The summed E-state index contributed by atoms with van der Waals surface area (Å²) in [7, 11) is 1.86. The molecular formula is C12H20ClNO. The van der Waals surface area contributed by atoms with Crippen LogP contribution < -0.4 is 5.32 Å². The minimum absolute atomic E-state index is 0. The van der Waals surface area contributed by atoms with Crippen LogP contribution in [-0.4, -0.2) is 18.2 Å². The maximum Gasteiger partial charge on any atom is 0.0940 e. The van der Waals surface area contributed by atoms with Gasteiger partial charge in [-0.05, 0) is 31.5 Å². The lowest BCUT2D eigenvalue weighted by Crippen LogP contribution is -2.28. The van der Waals surface area contributed by atoms with Gasteiger partial charge in [0.1, 0.15) is 0 Å². The first kappa shape index (κ1) is 14.4. The highest BCUT2D eigenvalue weighted by Gasteiger charge is 2.13. The number of rotatable bonds is 4. The number of nitrogens with one attached hydrogen (secondary N) is 1. The molecule has 2 nitrogen and oxygen atoms in total. The molecule has 0 saturated carbocycles. The van der Waals surface area contributed by atoms with E-state index in [9.17, 15) is 5.11 Å². The van der Waals surface area contributed by atoms with Gasteiger partial charge in [0.15, 0.2) is 0 Å². The van der Waals surface area contributed by atoms with E-state index in [1.165, 1.54) is 5.56 Å². The number of likely N-dealkylation sites (N-methyl/N-ethyl adjacent to an activating group) is 1. The Morgan fingerprint density at radius 1 is 1.27 bits per heavy atom. The Morgan fingerprint density at radius 2 is 1.80 bits per heavy atom. The van der Waals surface area contributed by atoms with E-state index in [1.807, 2.05) is 26.1 Å². The molecule has 2 N–H and O–H groups in total. The van der Waals surface area contributed by atoms with Crippen molar-refractivity contribution in [1.82, 2.24) is 5.32 Å². The van der Waals surface area contributed by atoms with Crippen molar-refractivity contribution in [3.05, 3.63) is 35.4 Å². The second kappa shape index (κ2) is 6.83. The van der Waals surface area contributed by atoms with Crippen molar-refractivity contribution in [1.29, 1.82) is 0 Å². The predicted octanol–water partition coefficient (Wildman–Crippen LogP) is 2.31. The minimum atomic E-state index is -0.425. The van der Waals surface area contributed by atoms with E-state index < -0.39 is 6.10 Å². The monoisotopic (exact) mass is 229 g/mol. The molecule has 2 unspecified atom stereocenters. The van der Waals surface area contributed by atoms with Crippen molar-refractivity contribution in [3.8, 4) is 0 Å². The zero-order valence-electron chi connectivity index (χ0n) is 9.53. The second-order valence-corrected chi connectivity index (χ2v) is 3.62. The highest BCUT2D eigenvalue weighted by molar-refractivity contribution is 5.85. The normalized spacial score (nSPS) is 14.1. The molecule has 1 aromatic rings. The van der Waals surface area contributed by atoms with E-state index >= 15 is 0 Å². The van der Waals surface area contributed by atoms with E-state index in [0.29, 0.717) is 0 Å². The van der Waals surface area contributed by atoms with Gasteiger partial charge >= 0.3 is 0 Å². The fourth-order valence-corrected chi connectivity index (χ4v) is 1.40. The molecule has 0 amide bonds. The molecule has 0 radical (unpaired) electrons.